The van der Waals surface area contributed by atoms with Gasteiger partial charge in [-0.25, -0.2) is 8.42 Å². The highest BCUT2D eigenvalue weighted by Crippen LogP contribution is 2.35. The molecule has 0 unspecified atom stereocenters. The number of nitrogens with zero attached hydrogens (tertiary/aromatic N) is 1. The first-order valence-corrected chi connectivity index (χ1v) is 10.6. The molecule has 7 nitrogen and oxygen atoms in total. The lowest BCUT2D eigenvalue weighted by atomic mass is 10.2. The maximum atomic E-state index is 12.7. The van der Waals surface area contributed by atoms with Crippen molar-refractivity contribution in [1.29, 1.82) is 0 Å². The van der Waals surface area contributed by atoms with Gasteiger partial charge in [-0.1, -0.05) is 29.8 Å². The second-order valence-corrected chi connectivity index (χ2v) is 8.35. The molecule has 28 heavy (non-hydrogen) atoms. The summed E-state index contributed by atoms with van der Waals surface area (Å²) in [6.07, 6.45) is 1.03. The van der Waals surface area contributed by atoms with Gasteiger partial charge in [0.25, 0.3) is 0 Å². The van der Waals surface area contributed by atoms with Crippen molar-refractivity contribution in [1.82, 2.24) is 5.32 Å². The van der Waals surface area contributed by atoms with E-state index in [0.29, 0.717) is 16.5 Å². The molecule has 0 aliphatic heterocycles. The number of ether oxygens (including phenoxy) is 2. The van der Waals surface area contributed by atoms with Crippen molar-refractivity contribution >= 4 is 33.2 Å². The first-order chi connectivity index (χ1) is 13.2. The van der Waals surface area contributed by atoms with E-state index in [-0.39, 0.29) is 12.2 Å². The molecule has 0 radical (unpaired) electrons. The van der Waals surface area contributed by atoms with Crippen LogP contribution in [0.25, 0.3) is 0 Å². The SMILES string of the molecule is COc1ccc(OC)c(N([C@H](C)C(=O)NCc2ccccc2Cl)S(C)(=O)=O)c1. The maximum Gasteiger partial charge on any atom is 0.243 e. The van der Waals surface area contributed by atoms with Gasteiger partial charge in [0.2, 0.25) is 15.9 Å². The van der Waals surface area contributed by atoms with Crippen molar-refractivity contribution in [2.45, 2.75) is 19.5 Å². The largest absolute Gasteiger partial charge is 0.497 e. The van der Waals surface area contributed by atoms with E-state index in [1.165, 1.54) is 27.2 Å². The van der Waals surface area contributed by atoms with Crippen LogP contribution in [0.15, 0.2) is 42.5 Å². The third-order valence-corrected chi connectivity index (χ3v) is 5.72. The summed E-state index contributed by atoms with van der Waals surface area (Å²) < 4.78 is 36.5. The minimum atomic E-state index is -3.80. The minimum absolute atomic E-state index is 0.176. The lowest BCUT2D eigenvalue weighted by Gasteiger charge is -2.29. The highest BCUT2D eigenvalue weighted by atomic mass is 35.5. The molecule has 9 heteroatoms. The van der Waals surface area contributed by atoms with Crippen molar-refractivity contribution in [3.63, 3.8) is 0 Å². The topological polar surface area (TPSA) is 84.9 Å². The molecule has 0 saturated carbocycles. The first-order valence-electron chi connectivity index (χ1n) is 8.41. The number of hydrogen-bond acceptors (Lipinski definition) is 5. The summed E-state index contributed by atoms with van der Waals surface area (Å²) in [4.78, 5) is 12.7. The molecule has 0 fully saturated rings. The molecule has 0 aliphatic rings. The molecule has 1 amide bonds. The molecule has 2 aromatic rings. The predicted octanol–water partition coefficient (Wildman–Crippen LogP) is 2.83. The molecule has 0 aliphatic carbocycles. The van der Waals surface area contributed by atoms with Crippen molar-refractivity contribution in [3.05, 3.63) is 53.1 Å². The second kappa shape index (κ2) is 9.16. The number of methoxy groups -OCH3 is 2. The van der Waals surface area contributed by atoms with Crippen LogP contribution >= 0.6 is 11.6 Å². The van der Waals surface area contributed by atoms with E-state index >= 15 is 0 Å². The van der Waals surface area contributed by atoms with Gasteiger partial charge >= 0.3 is 0 Å². The maximum absolute atomic E-state index is 12.7. The van der Waals surface area contributed by atoms with E-state index in [1.807, 2.05) is 0 Å². The Hall–Kier alpha value is -2.45. The zero-order valence-corrected chi connectivity index (χ0v) is 17.7. The van der Waals surface area contributed by atoms with E-state index in [2.05, 4.69) is 5.32 Å². The Kier molecular flexibility index (Phi) is 7.15. The summed E-state index contributed by atoms with van der Waals surface area (Å²) in [6, 6.07) is 10.8. The lowest BCUT2D eigenvalue weighted by Crippen LogP contribution is -2.47. The molecular formula is C19H23ClN2O5S. The van der Waals surface area contributed by atoms with Crippen molar-refractivity contribution < 1.29 is 22.7 Å². The lowest BCUT2D eigenvalue weighted by molar-refractivity contribution is -0.122. The Morgan fingerprint density at radius 3 is 2.43 bits per heavy atom. The Morgan fingerprint density at radius 2 is 1.86 bits per heavy atom. The second-order valence-electron chi connectivity index (χ2n) is 6.08. The van der Waals surface area contributed by atoms with Gasteiger partial charge in [0.15, 0.2) is 0 Å². The Morgan fingerprint density at radius 1 is 1.18 bits per heavy atom. The monoisotopic (exact) mass is 426 g/mol. The number of carbonyl (C=O) groups is 1. The molecule has 1 N–H and O–H groups in total. The fourth-order valence-corrected chi connectivity index (χ4v) is 4.09. The van der Waals surface area contributed by atoms with Crippen LogP contribution in [-0.2, 0) is 21.4 Å². The van der Waals surface area contributed by atoms with Crippen LogP contribution in [0.5, 0.6) is 11.5 Å². The van der Waals surface area contributed by atoms with Gasteiger partial charge in [0, 0.05) is 17.6 Å². The average molecular weight is 427 g/mol. The number of hydrogen-bond donors (Lipinski definition) is 1. The zero-order chi connectivity index (χ0) is 20.9. The van der Waals surface area contributed by atoms with Gasteiger partial charge in [-0.2, -0.15) is 0 Å². The minimum Gasteiger partial charge on any atom is -0.497 e. The number of nitrogens with one attached hydrogen (secondary N) is 1. The molecule has 1 atom stereocenters. The smallest absolute Gasteiger partial charge is 0.243 e. The van der Waals surface area contributed by atoms with E-state index in [0.717, 1.165) is 16.1 Å². The van der Waals surface area contributed by atoms with Gasteiger partial charge in [0.1, 0.15) is 17.5 Å². The average Bonchev–Trinajstić information content (AvgIpc) is 2.66. The van der Waals surface area contributed by atoms with Crippen LogP contribution in [-0.4, -0.2) is 40.8 Å². The fourth-order valence-electron chi connectivity index (χ4n) is 2.72. The van der Waals surface area contributed by atoms with Crippen molar-refractivity contribution in [2.24, 2.45) is 0 Å². The first kappa shape index (κ1) is 21.8. The van der Waals surface area contributed by atoms with E-state index in [9.17, 15) is 13.2 Å². The number of anilines is 1. The summed E-state index contributed by atoms with van der Waals surface area (Å²) in [5, 5.41) is 3.24. The van der Waals surface area contributed by atoms with Crippen LogP contribution in [0.1, 0.15) is 12.5 Å². The number of halogens is 1. The molecular weight excluding hydrogens is 404 g/mol. The molecule has 0 spiro atoms. The Balaban J connectivity index is 2.33. The van der Waals surface area contributed by atoms with E-state index < -0.39 is 22.0 Å². The normalized spacial score (nSPS) is 12.2. The summed E-state index contributed by atoms with van der Waals surface area (Å²) >= 11 is 6.10. The van der Waals surface area contributed by atoms with Crippen LogP contribution in [0.3, 0.4) is 0 Å². The number of rotatable bonds is 8. The van der Waals surface area contributed by atoms with Crippen LogP contribution < -0.4 is 19.1 Å². The van der Waals surface area contributed by atoms with Crippen LogP contribution in [0.4, 0.5) is 5.69 Å². The molecule has 0 aromatic heterocycles. The van der Waals surface area contributed by atoms with Gasteiger partial charge in [-0.15, -0.1) is 0 Å². The van der Waals surface area contributed by atoms with E-state index in [1.54, 1.807) is 36.4 Å². The molecule has 0 saturated heterocycles. The Labute approximate surface area is 170 Å². The quantitative estimate of drug-likeness (QED) is 0.701. The fraction of sp³-hybridized carbons (Fsp3) is 0.316. The third-order valence-electron chi connectivity index (χ3n) is 4.12. The number of amides is 1. The van der Waals surface area contributed by atoms with Crippen molar-refractivity contribution in [3.8, 4) is 11.5 Å². The summed E-state index contributed by atoms with van der Waals surface area (Å²) in [7, 11) is -0.907. The molecule has 2 rings (SSSR count). The van der Waals surface area contributed by atoms with Gasteiger partial charge in [0.05, 0.1) is 26.2 Å². The third kappa shape index (κ3) is 5.08. The summed E-state index contributed by atoms with van der Waals surface area (Å²) in [5.74, 6) is 0.264. The zero-order valence-electron chi connectivity index (χ0n) is 16.1. The molecule has 152 valence electrons. The van der Waals surface area contributed by atoms with E-state index in [4.69, 9.17) is 21.1 Å². The number of sulfonamides is 1. The summed E-state index contributed by atoms with van der Waals surface area (Å²) in [6.45, 7) is 1.68. The molecule has 2 aromatic carbocycles. The summed E-state index contributed by atoms with van der Waals surface area (Å²) in [5.41, 5.74) is 0.944. The van der Waals surface area contributed by atoms with Gasteiger partial charge in [-0.05, 0) is 30.7 Å². The van der Waals surface area contributed by atoms with Gasteiger partial charge in [-0.3, -0.25) is 9.10 Å². The van der Waals surface area contributed by atoms with Crippen LogP contribution in [0, 0.1) is 0 Å². The van der Waals surface area contributed by atoms with Gasteiger partial charge < -0.3 is 14.8 Å². The number of benzene rings is 2. The van der Waals surface area contributed by atoms with Crippen molar-refractivity contribution in [2.75, 3.05) is 24.8 Å². The molecule has 0 bridgehead atoms. The number of carbonyl (C=O) groups excluding carboxylic acids is 1. The predicted molar refractivity (Wildman–Crippen MR) is 110 cm³/mol. The highest BCUT2D eigenvalue weighted by Gasteiger charge is 2.31. The molecule has 0 heterocycles. The highest BCUT2D eigenvalue weighted by molar-refractivity contribution is 7.92. The Bertz CT molecular complexity index is 949. The standard InChI is InChI=1S/C19H23ClN2O5S/c1-13(19(23)21-12-14-7-5-6-8-16(14)20)22(28(4,24)25)17-11-15(26-2)9-10-18(17)27-3/h5-11,13H,12H2,1-4H3,(H,21,23)/t13-/m1/s1. The van der Waals surface area contributed by atoms with Crippen LogP contribution in [0.2, 0.25) is 5.02 Å².